The van der Waals surface area contributed by atoms with E-state index in [-0.39, 0.29) is 12.3 Å². The molecule has 214 valence electrons. The van der Waals surface area contributed by atoms with E-state index in [1.165, 1.54) is 31.1 Å². The molecular weight excluding hydrogens is 575 g/mol. The van der Waals surface area contributed by atoms with Gasteiger partial charge in [0.1, 0.15) is 42.5 Å². The van der Waals surface area contributed by atoms with Crippen LogP contribution in [0.1, 0.15) is 20.1 Å². The molecule has 1 aliphatic heterocycles. The van der Waals surface area contributed by atoms with Gasteiger partial charge >= 0.3 is 25.0 Å². The molecule has 3 heterocycles. The highest BCUT2D eigenvalue weighted by Gasteiger charge is 2.49. The van der Waals surface area contributed by atoms with E-state index in [1.54, 1.807) is 7.05 Å². The maximum absolute atomic E-state index is 11.5. The average Bonchev–Trinajstić information content (AvgIpc) is 3.41. The van der Waals surface area contributed by atoms with E-state index in [1.807, 2.05) is 0 Å². The highest BCUT2D eigenvalue weighted by Crippen LogP contribution is 2.51. The molecule has 0 radical (unpaired) electrons. The van der Waals surface area contributed by atoms with E-state index in [4.69, 9.17) is 22.6 Å². The minimum atomic E-state index is -5.11. The summed E-state index contributed by atoms with van der Waals surface area (Å²) in [5, 5.41) is 23.3. The van der Waals surface area contributed by atoms with Crippen LogP contribution < -0.4 is 5.32 Å². The van der Waals surface area contributed by atoms with Gasteiger partial charge in [0.15, 0.2) is 17.7 Å². The van der Waals surface area contributed by atoms with Crippen molar-refractivity contribution in [2.75, 3.05) is 25.6 Å². The predicted octanol–water partition coefficient (Wildman–Crippen LogP) is -0.322. The van der Waals surface area contributed by atoms with Crippen molar-refractivity contribution in [1.82, 2.24) is 19.5 Å². The van der Waals surface area contributed by atoms with Crippen molar-refractivity contribution in [2.45, 2.75) is 44.5 Å². The molecule has 18 nitrogen and oxygen atoms in total. The number of anilines is 1. The van der Waals surface area contributed by atoms with Crippen molar-refractivity contribution in [3.63, 3.8) is 0 Å². The molecule has 21 heteroatoms. The Morgan fingerprint density at radius 1 is 1.26 bits per heavy atom. The number of nitrogens with one attached hydrogen (secondary N) is 1. The molecule has 7 unspecified atom stereocenters. The van der Waals surface area contributed by atoms with Gasteiger partial charge in [0.05, 0.1) is 19.5 Å². The lowest BCUT2D eigenvalue weighted by Gasteiger charge is -2.27. The lowest BCUT2D eigenvalue weighted by Crippen LogP contribution is -2.35. The number of hydrogen-bond donors (Lipinski definition) is 7. The van der Waals surface area contributed by atoms with Crippen molar-refractivity contribution in [3.8, 4) is 0 Å². The Hall–Kier alpha value is -1.33. The van der Waals surface area contributed by atoms with Gasteiger partial charge in [-0.05, 0) is 0 Å². The zero-order valence-electron chi connectivity index (χ0n) is 20.2. The highest BCUT2D eigenvalue weighted by atomic mass is 31.2. The lowest BCUT2D eigenvalue weighted by atomic mass is 9.88. The van der Waals surface area contributed by atoms with Gasteiger partial charge in [0.2, 0.25) is 0 Å². The molecule has 2 aromatic heterocycles. The fraction of sp³-hybridized carbons (Fsp3) is 0.647. The first-order valence-corrected chi connectivity index (χ1v) is 14.5. The number of nitrogens with zero attached hydrogens (tertiary/aromatic N) is 4. The van der Waals surface area contributed by atoms with Gasteiger partial charge in [-0.3, -0.25) is 9.09 Å². The normalized spacial score (nSPS) is 24.9. The van der Waals surface area contributed by atoms with E-state index in [0.717, 1.165) is 0 Å². The van der Waals surface area contributed by atoms with Crippen LogP contribution >= 0.6 is 25.0 Å². The fourth-order valence-electron chi connectivity index (χ4n) is 3.33. The minimum absolute atomic E-state index is 0.239. The van der Waals surface area contributed by atoms with E-state index >= 15 is 0 Å². The Morgan fingerprint density at radius 3 is 2.58 bits per heavy atom. The molecule has 38 heavy (non-hydrogen) atoms. The first-order valence-electron chi connectivity index (χ1n) is 10.8. The van der Waals surface area contributed by atoms with Crippen LogP contribution in [0.5, 0.6) is 0 Å². The van der Waals surface area contributed by atoms with Crippen LogP contribution in [-0.2, 0) is 32.0 Å². The molecule has 7 atom stereocenters. The zero-order valence-corrected chi connectivity index (χ0v) is 22.9. The number of aliphatic hydroxyl groups is 2. The molecule has 0 spiro atoms. The molecular formula is C17H28N5O13P3. The van der Waals surface area contributed by atoms with Crippen molar-refractivity contribution < 1.29 is 61.8 Å². The topological polar surface area (TPSA) is 257 Å². The Morgan fingerprint density at radius 2 is 1.95 bits per heavy atom. The van der Waals surface area contributed by atoms with Gasteiger partial charge in [0, 0.05) is 12.5 Å². The van der Waals surface area contributed by atoms with Crippen LogP contribution in [0.15, 0.2) is 12.7 Å². The van der Waals surface area contributed by atoms with Crippen LogP contribution in [0.4, 0.5) is 5.82 Å². The number of fused-ring (bicyclic) bond motifs is 1. The third-order valence-electron chi connectivity index (χ3n) is 5.40. The van der Waals surface area contributed by atoms with Crippen LogP contribution in [0.25, 0.3) is 11.2 Å². The number of aromatic nitrogens is 4. The summed E-state index contributed by atoms with van der Waals surface area (Å²) in [6.45, 7) is 2.11. The largest absolute Gasteiger partial charge is 0.470 e. The lowest BCUT2D eigenvalue weighted by molar-refractivity contribution is -0.121. The van der Waals surface area contributed by atoms with Crippen molar-refractivity contribution in [3.05, 3.63) is 12.7 Å². The van der Waals surface area contributed by atoms with Gasteiger partial charge in [-0.2, -0.15) is 0 Å². The summed E-state index contributed by atoms with van der Waals surface area (Å²) in [6, 6.07) is 0. The van der Waals surface area contributed by atoms with Crippen LogP contribution in [0.2, 0.25) is 0 Å². The maximum Gasteiger partial charge on any atom is 0.470 e. The molecule has 0 amide bonds. The molecule has 0 aliphatic carbocycles. The Bertz CT molecular complexity index is 1140. The third kappa shape index (κ3) is 7.65. The van der Waals surface area contributed by atoms with Gasteiger partial charge in [-0.1, -0.05) is 13.8 Å². The maximum atomic E-state index is 11.5. The molecule has 7 N–H and O–H groups in total. The number of carbonyl (C=O) groups is 1. The molecule has 1 saturated heterocycles. The number of aliphatic hydroxyl groups excluding tert-OH is 2. The smallest absolute Gasteiger partial charge is 0.386 e. The number of rotatable bonds is 14. The number of phosphoric ester groups is 1. The predicted molar refractivity (Wildman–Crippen MR) is 129 cm³/mol. The summed E-state index contributed by atoms with van der Waals surface area (Å²) in [4.78, 5) is 61.7. The summed E-state index contributed by atoms with van der Waals surface area (Å²) in [7, 11) is -8.98. The van der Waals surface area contributed by atoms with Gasteiger partial charge in [-0.15, -0.1) is 0 Å². The molecule has 0 aromatic carbocycles. The highest BCUT2D eigenvalue weighted by molar-refractivity contribution is 7.54. The van der Waals surface area contributed by atoms with E-state index < -0.39 is 67.7 Å². The fourth-order valence-corrected chi connectivity index (χ4v) is 5.48. The van der Waals surface area contributed by atoms with Crippen LogP contribution in [0.3, 0.4) is 0 Å². The number of ether oxygens (including phenoxy) is 1. The Labute approximate surface area is 218 Å². The minimum Gasteiger partial charge on any atom is -0.386 e. The average molecular weight is 603 g/mol. The molecule has 0 saturated carbocycles. The van der Waals surface area contributed by atoms with Crippen molar-refractivity contribution >= 4 is 48.3 Å². The second-order valence-corrected chi connectivity index (χ2v) is 11.9. The van der Waals surface area contributed by atoms with Crippen molar-refractivity contribution in [1.29, 1.82) is 0 Å². The van der Waals surface area contributed by atoms with Crippen LogP contribution in [-0.4, -0.2) is 100 Å². The van der Waals surface area contributed by atoms with Gasteiger partial charge < -0.3 is 53.7 Å². The number of aldehydes is 1. The monoisotopic (exact) mass is 603 g/mol. The molecule has 3 rings (SSSR count). The summed E-state index contributed by atoms with van der Waals surface area (Å²) in [5.74, 6) is 0.388. The molecule has 1 fully saturated rings. The molecule has 1 aliphatic rings. The second-order valence-electron chi connectivity index (χ2n) is 8.61. The number of phosphoric acid groups is 1. The summed E-state index contributed by atoms with van der Waals surface area (Å²) >= 11 is 0. The molecule has 0 bridgehead atoms. The summed E-state index contributed by atoms with van der Waals surface area (Å²) < 4.78 is 38.3. The van der Waals surface area contributed by atoms with E-state index in [2.05, 4.69) is 20.3 Å². The van der Waals surface area contributed by atoms with Gasteiger partial charge in [0.25, 0.3) is 0 Å². The zero-order chi connectivity index (χ0) is 28.3. The number of carbonyl (C=O) groups excluding carboxylic acids is 1. The van der Waals surface area contributed by atoms with Crippen LogP contribution in [0, 0.1) is 5.41 Å². The second kappa shape index (κ2) is 12.9. The SMILES string of the molecule is CNc1ncnc2c1ncn2C1OC(COP(O)OP(O)OCC(C)(C)C(O)C=O)C(OP(=O)(O)O)C1O. The quantitative estimate of drug-likeness (QED) is 0.108. The molecule has 2 aromatic rings. The number of hydrogen-bond acceptors (Lipinski definition) is 15. The summed E-state index contributed by atoms with van der Waals surface area (Å²) in [5.41, 5.74) is -0.478. The standard InChI is InChI=1S/C17H28N5O13P3/c1-17(2,10(24)4-23)6-32-37(27)35-36(26)31-5-9-13(34-38(28,29)30)12(25)16(33-9)22-8-21-11-14(18-3)19-7-20-15(11)22/h4,7-10,12-13,16,24-27H,5-6H2,1-3H3,(H,18,19,20)(H2,28,29,30). The Balaban J connectivity index is 1.67. The van der Waals surface area contributed by atoms with E-state index in [0.29, 0.717) is 17.6 Å². The first kappa shape index (κ1) is 31.2. The third-order valence-corrected chi connectivity index (χ3v) is 7.76. The number of imidazole rings is 1. The summed E-state index contributed by atoms with van der Waals surface area (Å²) in [6.07, 6.45) is -4.41. The van der Waals surface area contributed by atoms with Gasteiger partial charge in [-0.25, -0.2) is 23.8 Å². The first-order chi connectivity index (χ1) is 17.8. The van der Waals surface area contributed by atoms with E-state index in [9.17, 15) is 39.1 Å². The Kier molecular flexibility index (Phi) is 10.6. The van der Waals surface area contributed by atoms with Crippen molar-refractivity contribution in [2.24, 2.45) is 5.41 Å².